The molecule has 618 valence electrons. The molecule has 36 heteroatoms. The summed E-state index contributed by atoms with van der Waals surface area (Å²) in [6, 6.07) is 28.1. The number of aromatic nitrogens is 15. The summed E-state index contributed by atoms with van der Waals surface area (Å²) in [6.45, 7) is 3.45. The zero-order valence-electron chi connectivity index (χ0n) is 65.8. The first kappa shape index (κ1) is 89.0. The van der Waals surface area contributed by atoms with Gasteiger partial charge in [0, 0.05) is 130 Å². The van der Waals surface area contributed by atoms with E-state index in [2.05, 4.69) is 74.8 Å². The maximum Gasteiger partial charge on any atom is 0.199 e. The van der Waals surface area contributed by atoms with Crippen LogP contribution >= 0.6 is 57.2 Å². The van der Waals surface area contributed by atoms with Crippen molar-refractivity contribution in [1.82, 2.24) is 74.8 Å². The van der Waals surface area contributed by atoms with Gasteiger partial charge in [-0.1, -0.05) is 34.5 Å². The van der Waals surface area contributed by atoms with Crippen LogP contribution in [0, 0.1) is 48.1 Å². The number of benzene rings is 5. The zero-order chi connectivity index (χ0) is 86.9. The van der Waals surface area contributed by atoms with Gasteiger partial charge >= 0.3 is 0 Å². The molecule has 0 bridgehead atoms. The van der Waals surface area contributed by atoms with Crippen molar-refractivity contribution in [3.05, 3.63) is 348 Å². The van der Waals surface area contributed by atoms with Gasteiger partial charge in [-0.15, -0.1) is 22.7 Å². The Bertz CT molecular complexity index is 6080. The molecule has 10 aromatic heterocycles. The number of aryl methyl sites for hydroxylation is 2. The highest BCUT2D eigenvalue weighted by Gasteiger charge is 2.22. The number of thiazole rings is 3. The predicted octanol–water partition coefficient (Wildman–Crippen LogP) is 18.3. The number of hydrogen-bond acceptors (Lipinski definition) is 28. The highest BCUT2D eigenvalue weighted by molar-refractivity contribution is 7.10. The highest BCUT2D eigenvalue weighted by atomic mass is 35.5. The molecule has 15 aromatic rings. The maximum absolute atomic E-state index is 14.2. The van der Waals surface area contributed by atoms with Crippen LogP contribution in [0.1, 0.15) is 89.6 Å². The molecule has 10 heterocycles. The Labute approximate surface area is 717 Å². The SMILES string of the molecule is CN(c1cncnc1)c1cc(C(=O)Cc2ncccc2F)ccc1F.CN(c1cncnc1)c1cc(Cl)cc(C(=O)Cc2nccs2)c1.CN(c1cncnc1)c1cc(F)cc(C(=O)Cc2ccc(F)cn2)c1.Cc1csc(CC(=O)c2cc(Cl)cc(N(C)c3cncnc3)c2)n1.Cc1nc(CC(=O)c2cc(F)cc(N(C)c3cncnc3)c2)sc1F. The number of pyridine rings is 2. The number of carbonyl (C=O) groups excluding carboxylic acids is 5. The number of nitrogens with zero attached hydrogens (tertiary/aromatic N) is 20. The topological polar surface area (TPSA) is 295 Å². The van der Waals surface area contributed by atoms with Gasteiger partial charge in [-0.25, -0.2) is 86.7 Å². The first-order valence-corrected chi connectivity index (χ1v) is 39.7. The number of carbonyl (C=O) groups is 5. The first-order valence-electron chi connectivity index (χ1n) is 36.4. The monoisotopic (exact) mass is 1740 g/mol. The van der Waals surface area contributed by atoms with Crippen LogP contribution in [0.3, 0.4) is 0 Å². The molecule has 0 aliphatic rings. The maximum atomic E-state index is 14.2. The van der Waals surface area contributed by atoms with E-state index >= 15 is 0 Å². The largest absolute Gasteiger partial charge is 0.342 e. The van der Waals surface area contributed by atoms with Crippen molar-refractivity contribution < 1.29 is 50.3 Å². The molecule has 0 spiro atoms. The van der Waals surface area contributed by atoms with Gasteiger partial charge in [0.1, 0.15) is 75.7 Å². The molecule has 0 saturated carbocycles. The lowest BCUT2D eigenvalue weighted by atomic mass is 10.0. The molecule has 15 rings (SSSR count). The second kappa shape index (κ2) is 42.7. The molecule has 0 radical (unpaired) electrons. The quantitative estimate of drug-likeness (QED) is 0.0379. The van der Waals surface area contributed by atoms with Gasteiger partial charge in [0.05, 0.1) is 146 Å². The third-order valence-electron chi connectivity index (χ3n) is 17.8. The summed E-state index contributed by atoms with van der Waals surface area (Å²) in [6.07, 6.45) is 27.7. The van der Waals surface area contributed by atoms with Crippen LogP contribution in [0.4, 0.5) is 83.2 Å². The van der Waals surface area contributed by atoms with E-state index < -0.39 is 34.2 Å². The van der Waals surface area contributed by atoms with Gasteiger partial charge in [-0.05, 0) is 129 Å². The van der Waals surface area contributed by atoms with Crippen LogP contribution < -0.4 is 24.5 Å². The minimum atomic E-state index is -0.545. The lowest BCUT2D eigenvalue weighted by Crippen LogP contribution is -2.14. The normalized spacial score (nSPS) is 10.6. The van der Waals surface area contributed by atoms with Gasteiger partial charge in [0.15, 0.2) is 34.0 Å². The Hall–Kier alpha value is -13.8. The highest BCUT2D eigenvalue weighted by Crippen LogP contribution is 2.33. The van der Waals surface area contributed by atoms with Crippen molar-refractivity contribution in [2.75, 3.05) is 59.7 Å². The van der Waals surface area contributed by atoms with Crippen molar-refractivity contribution in [1.29, 1.82) is 0 Å². The molecule has 122 heavy (non-hydrogen) atoms. The average molecular weight is 1740 g/mol. The zero-order valence-corrected chi connectivity index (χ0v) is 69.7. The second-order valence-electron chi connectivity index (χ2n) is 26.4. The minimum absolute atomic E-state index is 0.00851. The first-order chi connectivity index (χ1) is 58.7. The van der Waals surface area contributed by atoms with Crippen molar-refractivity contribution >= 4 is 143 Å². The second-order valence-corrected chi connectivity index (χ2v) is 30.2. The minimum Gasteiger partial charge on any atom is -0.342 e. The summed E-state index contributed by atoms with van der Waals surface area (Å²) in [5.74, 6) is -3.59. The summed E-state index contributed by atoms with van der Waals surface area (Å²) in [4.78, 5) is 131. The van der Waals surface area contributed by atoms with E-state index in [1.165, 1.54) is 145 Å². The lowest BCUT2D eigenvalue weighted by Gasteiger charge is -2.19. The number of hydrogen-bond donors (Lipinski definition) is 0. The van der Waals surface area contributed by atoms with E-state index in [-0.39, 0.29) is 94.8 Å². The van der Waals surface area contributed by atoms with Crippen LogP contribution in [0.15, 0.2) is 238 Å². The van der Waals surface area contributed by atoms with E-state index in [1.807, 2.05) is 53.7 Å². The molecule has 0 fully saturated rings. The summed E-state index contributed by atoms with van der Waals surface area (Å²) in [7, 11) is 8.84. The number of Topliss-reactive ketones (excluding diaryl/α,β-unsaturated/α-hetero) is 5. The third kappa shape index (κ3) is 25.1. The Morgan fingerprint density at radius 2 is 0.787 bits per heavy atom. The van der Waals surface area contributed by atoms with E-state index in [0.717, 1.165) is 62.1 Å². The van der Waals surface area contributed by atoms with Gasteiger partial charge in [0.25, 0.3) is 0 Å². The average Bonchev–Trinajstić information content (AvgIpc) is 1.04. The van der Waals surface area contributed by atoms with Crippen molar-refractivity contribution in [3.63, 3.8) is 0 Å². The standard InChI is InChI=1S/2C18H14F2N4O.C17H15ClN4OS.C17H14F2N4OS.C16H13ClN4OS/c1-24(17-9-21-11-22-10-17)16-5-12(4-14(20)6-16)18(25)7-15-3-2-13(19)8-23-15;1-24(13-9-21-11-22-10-13)17-7-12(4-5-15(17)20)18(25)8-16-14(19)3-2-6-23-16;1-11-9-24-17(21-11)6-16(23)12-3-13(18)5-14(4-12)22(2)15-7-19-10-20-8-15;1-10-17(19)25-16(22-10)6-15(24)11-3-12(18)5-13(4-11)23(2)14-7-20-9-21-8-14;1-21(14-8-18-10-19-9-14)13-5-11(4-12(17)6-13)15(22)7-16-20-2-3-23-16/h2-6,8-11H,7H2,1H3;2-7,9-11H,8H2,1H3;3-5,7-10H,6H2,1-2H3;3-5,7-9H,6H2,1-2H3;2-6,8-10H,7H2,1H3. The third-order valence-corrected chi connectivity index (χ3v) is 21.0. The Balaban J connectivity index is 0.000000149. The van der Waals surface area contributed by atoms with Gasteiger partial charge in [-0.3, -0.25) is 33.9 Å². The Morgan fingerprint density at radius 1 is 0.361 bits per heavy atom. The predicted molar refractivity (Wildman–Crippen MR) is 457 cm³/mol. The molecule has 25 nitrogen and oxygen atoms in total. The molecule has 0 unspecified atom stereocenters. The van der Waals surface area contributed by atoms with Crippen LogP contribution in [0.25, 0.3) is 0 Å². The summed E-state index contributed by atoms with van der Waals surface area (Å²) < 4.78 is 82.1. The molecular weight excluding hydrogens is 1670 g/mol. The Morgan fingerprint density at radius 3 is 1.20 bits per heavy atom. The molecule has 5 aromatic carbocycles. The van der Waals surface area contributed by atoms with Gasteiger partial charge in [0.2, 0.25) is 0 Å². The lowest BCUT2D eigenvalue weighted by molar-refractivity contribution is 0.0983. The van der Waals surface area contributed by atoms with Crippen LogP contribution in [-0.2, 0) is 32.1 Å². The smallest absolute Gasteiger partial charge is 0.199 e. The summed E-state index contributed by atoms with van der Waals surface area (Å²) >= 11 is 16.2. The number of ketones is 5. The van der Waals surface area contributed by atoms with Gasteiger partial charge < -0.3 is 24.5 Å². The van der Waals surface area contributed by atoms with E-state index in [9.17, 15) is 50.3 Å². The molecule has 0 aliphatic carbocycles. The molecular formula is C86H70Cl2F6N20O5S3. The van der Waals surface area contributed by atoms with E-state index in [4.69, 9.17) is 23.2 Å². The van der Waals surface area contributed by atoms with Crippen molar-refractivity contribution in [3.8, 4) is 0 Å². The van der Waals surface area contributed by atoms with Crippen LogP contribution in [0.5, 0.6) is 0 Å². The van der Waals surface area contributed by atoms with Gasteiger partial charge in [-0.2, -0.15) is 4.39 Å². The fourth-order valence-corrected chi connectivity index (χ4v) is 14.0. The fourth-order valence-electron chi connectivity index (χ4n) is 11.3. The Kier molecular flexibility index (Phi) is 31.2. The number of anilines is 10. The summed E-state index contributed by atoms with van der Waals surface area (Å²) in [5, 5.41) is 6.38. The molecule has 0 amide bonds. The van der Waals surface area contributed by atoms with Crippen molar-refractivity contribution in [2.24, 2.45) is 0 Å². The number of halogens is 8. The number of rotatable bonds is 25. The molecule has 0 N–H and O–H groups in total. The summed E-state index contributed by atoms with van der Waals surface area (Å²) in [5.41, 5.74) is 9.76. The van der Waals surface area contributed by atoms with Crippen LogP contribution in [-0.4, -0.2) is 139 Å². The molecule has 0 atom stereocenters. The van der Waals surface area contributed by atoms with E-state index in [0.29, 0.717) is 60.3 Å². The fraction of sp³-hybridized carbons (Fsp3) is 0.140. The van der Waals surface area contributed by atoms with Crippen LogP contribution in [0.2, 0.25) is 10.0 Å². The molecule has 0 saturated heterocycles. The molecule has 0 aliphatic heterocycles. The van der Waals surface area contributed by atoms with Crippen molar-refractivity contribution in [2.45, 2.75) is 46.0 Å². The van der Waals surface area contributed by atoms with E-state index in [1.54, 1.807) is 123 Å².